The van der Waals surface area contributed by atoms with Gasteiger partial charge in [0.15, 0.2) is 0 Å². The van der Waals surface area contributed by atoms with Gasteiger partial charge in [-0.25, -0.2) is 8.42 Å². The summed E-state index contributed by atoms with van der Waals surface area (Å²) in [5, 5.41) is 3.34. The average molecular weight is 409 g/mol. The Morgan fingerprint density at radius 3 is 2.33 bits per heavy atom. The van der Waals surface area contributed by atoms with E-state index in [9.17, 15) is 13.2 Å². The van der Waals surface area contributed by atoms with Crippen LogP contribution in [0.3, 0.4) is 0 Å². The van der Waals surface area contributed by atoms with Gasteiger partial charge in [0.25, 0.3) is 0 Å². The molecule has 0 fully saturated rings. The standard InChI is InChI=1S/C20H25ClN2O3S/c1-5-18(16-9-6-14(2)7-10-16)22-20(24)13-23(27(4,25)26)19-12-17(21)11-8-15(19)3/h6-12,18H,5,13H2,1-4H3,(H,22,24)/t18-/m1/s1. The predicted molar refractivity (Wildman–Crippen MR) is 111 cm³/mol. The average Bonchev–Trinajstić information content (AvgIpc) is 2.60. The molecule has 0 heterocycles. The number of aryl methyl sites for hydroxylation is 2. The summed E-state index contributed by atoms with van der Waals surface area (Å²) in [6.45, 7) is 5.45. The zero-order valence-corrected chi connectivity index (χ0v) is 17.6. The molecule has 0 saturated carbocycles. The molecular weight excluding hydrogens is 384 g/mol. The Bertz CT molecular complexity index is 911. The maximum Gasteiger partial charge on any atom is 0.241 e. The first-order valence-corrected chi connectivity index (χ1v) is 10.9. The van der Waals surface area contributed by atoms with Crippen LogP contribution in [0.5, 0.6) is 0 Å². The lowest BCUT2D eigenvalue weighted by Crippen LogP contribution is -2.41. The highest BCUT2D eigenvalue weighted by molar-refractivity contribution is 7.92. The minimum absolute atomic E-state index is 0.181. The number of amides is 1. The Morgan fingerprint density at radius 1 is 1.15 bits per heavy atom. The number of sulfonamides is 1. The molecule has 2 aromatic carbocycles. The molecule has 2 aromatic rings. The summed E-state index contributed by atoms with van der Waals surface area (Å²) in [6.07, 6.45) is 1.78. The Hall–Kier alpha value is -2.05. The summed E-state index contributed by atoms with van der Waals surface area (Å²) >= 11 is 6.03. The monoisotopic (exact) mass is 408 g/mol. The van der Waals surface area contributed by atoms with E-state index in [-0.39, 0.29) is 18.5 Å². The van der Waals surface area contributed by atoms with E-state index in [1.807, 2.05) is 38.1 Å². The van der Waals surface area contributed by atoms with Crippen LogP contribution in [0.15, 0.2) is 42.5 Å². The van der Waals surface area contributed by atoms with Gasteiger partial charge in [-0.05, 0) is 43.5 Å². The van der Waals surface area contributed by atoms with E-state index in [0.29, 0.717) is 17.1 Å². The van der Waals surface area contributed by atoms with Crippen LogP contribution in [0.25, 0.3) is 0 Å². The van der Waals surface area contributed by atoms with E-state index in [2.05, 4.69) is 5.32 Å². The van der Waals surface area contributed by atoms with Gasteiger partial charge in [0, 0.05) is 5.02 Å². The van der Waals surface area contributed by atoms with Crippen LogP contribution in [-0.2, 0) is 14.8 Å². The fourth-order valence-electron chi connectivity index (χ4n) is 2.82. The maximum absolute atomic E-state index is 12.6. The summed E-state index contributed by atoms with van der Waals surface area (Å²) < 4.78 is 25.7. The van der Waals surface area contributed by atoms with Gasteiger partial charge in [0.05, 0.1) is 18.0 Å². The first kappa shape index (κ1) is 21.3. The van der Waals surface area contributed by atoms with E-state index >= 15 is 0 Å². The number of hydrogen-bond donors (Lipinski definition) is 1. The number of halogens is 1. The molecule has 0 bridgehead atoms. The largest absolute Gasteiger partial charge is 0.348 e. The van der Waals surface area contributed by atoms with E-state index < -0.39 is 10.0 Å². The SMILES string of the molecule is CC[C@@H](NC(=O)CN(c1cc(Cl)ccc1C)S(C)(=O)=O)c1ccc(C)cc1. The Balaban J connectivity index is 2.23. The smallest absolute Gasteiger partial charge is 0.241 e. The lowest BCUT2D eigenvalue weighted by Gasteiger charge is -2.25. The Morgan fingerprint density at radius 2 is 1.78 bits per heavy atom. The van der Waals surface area contributed by atoms with Crippen LogP contribution in [-0.4, -0.2) is 27.1 Å². The lowest BCUT2D eigenvalue weighted by molar-refractivity contribution is -0.120. The van der Waals surface area contributed by atoms with E-state index in [4.69, 9.17) is 11.6 Å². The maximum atomic E-state index is 12.6. The zero-order valence-electron chi connectivity index (χ0n) is 16.0. The number of benzene rings is 2. The number of anilines is 1. The van der Waals surface area contributed by atoms with Crippen molar-refractivity contribution in [3.8, 4) is 0 Å². The summed E-state index contributed by atoms with van der Waals surface area (Å²) in [6, 6.07) is 12.7. The number of carbonyl (C=O) groups excluding carboxylic acids is 1. The molecule has 0 aliphatic heterocycles. The minimum Gasteiger partial charge on any atom is -0.348 e. The Labute approximate surface area is 166 Å². The van der Waals surface area contributed by atoms with Crippen molar-refractivity contribution in [3.63, 3.8) is 0 Å². The van der Waals surface area contributed by atoms with Gasteiger partial charge in [0.1, 0.15) is 6.54 Å². The third-order valence-corrected chi connectivity index (χ3v) is 5.71. The van der Waals surface area contributed by atoms with E-state index in [1.54, 1.807) is 25.1 Å². The second kappa shape index (κ2) is 8.76. The molecule has 0 saturated heterocycles. The molecule has 7 heteroatoms. The molecule has 2 rings (SSSR count). The number of nitrogens with zero attached hydrogens (tertiary/aromatic N) is 1. The van der Waals surface area contributed by atoms with Crippen molar-refractivity contribution in [2.75, 3.05) is 17.1 Å². The minimum atomic E-state index is -3.65. The van der Waals surface area contributed by atoms with E-state index in [0.717, 1.165) is 27.3 Å². The second-order valence-corrected chi connectivity index (χ2v) is 8.98. The van der Waals surface area contributed by atoms with Crippen LogP contribution >= 0.6 is 11.6 Å². The lowest BCUT2D eigenvalue weighted by atomic mass is 10.0. The molecule has 0 unspecified atom stereocenters. The van der Waals surface area contributed by atoms with Crippen LogP contribution < -0.4 is 9.62 Å². The van der Waals surface area contributed by atoms with Crippen LogP contribution in [0.2, 0.25) is 5.02 Å². The van der Waals surface area contributed by atoms with Gasteiger partial charge in [-0.3, -0.25) is 9.10 Å². The fourth-order valence-corrected chi connectivity index (χ4v) is 3.89. The normalized spacial score (nSPS) is 12.5. The number of nitrogens with one attached hydrogen (secondary N) is 1. The highest BCUT2D eigenvalue weighted by Crippen LogP contribution is 2.26. The zero-order chi connectivity index (χ0) is 20.2. The molecular formula is C20H25ClN2O3S. The number of carbonyl (C=O) groups is 1. The molecule has 27 heavy (non-hydrogen) atoms. The van der Waals surface area contributed by atoms with E-state index in [1.165, 1.54) is 0 Å². The van der Waals surface area contributed by atoms with Crippen molar-refractivity contribution in [3.05, 3.63) is 64.2 Å². The van der Waals surface area contributed by atoms with Crippen molar-refractivity contribution in [1.29, 1.82) is 0 Å². The molecule has 0 aliphatic rings. The van der Waals surface area contributed by atoms with Gasteiger partial charge < -0.3 is 5.32 Å². The molecule has 1 N–H and O–H groups in total. The molecule has 146 valence electrons. The number of rotatable bonds is 7. The van der Waals surface area contributed by atoms with Crippen molar-refractivity contribution in [2.45, 2.75) is 33.2 Å². The van der Waals surface area contributed by atoms with Crippen LogP contribution in [0, 0.1) is 13.8 Å². The predicted octanol–water partition coefficient (Wildman–Crippen LogP) is 3.99. The molecule has 0 spiro atoms. The summed E-state index contributed by atoms with van der Waals surface area (Å²) in [4.78, 5) is 12.6. The first-order valence-electron chi connectivity index (χ1n) is 8.71. The molecule has 1 atom stereocenters. The van der Waals surface area contributed by atoms with Gasteiger partial charge in [-0.2, -0.15) is 0 Å². The molecule has 5 nitrogen and oxygen atoms in total. The summed E-state index contributed by atoms with van der Waals surface area (Å²) in [5.41, 5.74) is 3.26. The highest BCUT2D eigenvalue weighted by atomic mass is 35.5. The van der Waals surface area contributed by atoms with Gasteiger partial charge in [-0.15, -0.1) is 0 Å². The Kier molecular flexibility index (Phi) is 6.89. The van der Waals surface area contributed by atoms with Gasteiger partial charge >= 0.3 is 0 Å². The van der Waals surface area contributed by atoms with Crippen molar-refractivity contribution in [2.24, 2.45) is 0 Å². The summed E-state index contributed by atoms with van der Waals surface area (Å²) in [7, 11) is -3.65. The van der Waals surface area contributed by atoms with Crippen LogP contribution in [0.1, 0.15) is 36.1 Å². The number of hydrogen-bond acceptors (Lipinski definition) is 3. The molecule has 1 amide bonds. The van der Waals surface area contributed by atoms with Gasteiger partial charge in [0.2, 0.25) is 15.9 Å². The quantitative estimate of drug-likeness (QED) is 0.753. The third kappa shape index (κ3) is 5.71. The fraction of sp³-hybridized carbons (Fsp3) is 0.350. The highest BCUT2D eigenvalue weighted by Gasteiger charge is 2.24. The second-order valence-electron chi connectivity index (χ2n) is 6.64. The van der Waals surface area contributed by atoms with Gasteiger partial charge in [-0.1, -0.05) is 54.4 Å². The van der Waals surface area contributed by atoms with Crippen molar-refractivity contribution < 1.29 is 13.2 Å². The van der Waals surface area contributed by atoms with Crippen molar-refractivity contribution >= 4 is 33.2 Å². The molecule has 0 aliphatic carbocycles. The summed E-state index contributed by atoms with van der Waals surface area (Å²) in [5.74, 6) is -0.368. The topological polar surface area (TPSA) is 66.5 Å². The molecule has 0 aromatic heterocycles. The van der Waals surface area contributed by atoms with Crippen LogP contribution in [0.4, 0.5) is 5.69 Å². The molecule has 0 radical (unpaired) electrons. The van der Waals surface area contributed by atoms with Crippen molar-refractivity contribution in [1.82, 2.24) is 5.32 Å². The first-order chi connectivity index (χ1) is 12.6. The third-order valence-electron chi connectivity index (χ3n) is 4.35.